The van der Waals surface area contributed by atoms with E-state index in [4.69, 9.17) is 0 Å². The van der Waals surface area contributed by atoms with Gasteiger partial charge in [-0.25, -0.2) is 9.78 Å². The minimum atomic E-state index is -0.591. The van der Waals surface area contributed by atoms with Crippen molar-refractivity contribution >= 4 is 16.9 Å². The van der Waals surface area contributed by atoms with Crippen molar-refractivity contribution in [3.63, 3.8) is 0 Å². The minimum Gasteiger partial charge on any atom is -0.350 e. The molecule has 0 bridgehead atoms. The monoisotopic (exact) mass is 318 g/mol. The third-order valence-electron chi connectivity index (χ3n) is 3.54. The fraction of sp³-hybridized carbons (Fsp3) is 0.500. The van der Waals surface area contributed by atoms with Gasteiger partial charge in [0.15, 0.2) is 5.65 Å². The summed E-state index contributed by atoms with van der Waals surface area (Å²) in [7, 11) is 0. The number of hydrogen-bond donors (Lipinski definition) is 2. The Bertz CT molecular complexity index is 862. The van der Waals surface area contributed by atoms with Gasteiger partial charge in [0.05, 0.1) is 10.9 Å². The van der Waals surface area contributed by atoms with Crippen LogP contribution in [0.15, 0.2) is 15.7 Å². The van der Waals surface area contributed by atoms with Gasteiger partial charge >= 0.3 is 5.69 Å². The van der Waals surface area contributed by atoms with E-state index < -0.39 is 11.2 Å². The van der Waals surface area contributed by atoms with Gasteiger partial charge in [0, 0.05) is 18.3 Å². The molecule has 0 spiro atoms. The van der Waals surface area contributed by atoms with Crippen LogP contribution in [0.4, 0.5) is 0 Å². The molecule has 0 aromatic carbocycles. The number of fused-ring (bicyclic) bond motifs is 1. The predicted octanol–water partition coefficient (Wildman–Crippen LogP) is 1.37. The average Bonchev–Trinajstić information content (AvgIpc) is 2.45. The molecule has 2 aromatic rings. The molecule has 2 aromatic heterocycles. The van der Waals surface area contributed by atoms with Crippen LogP contribution >= 0.6 is 0 Å². The summed E-state index contributed by atoms with van der Waals surface area (Å²) in [6.45, 7) is 9.72. The normalized spacial score (nSPS) is 11.4. The molecule has 0 unspecified atom stereocenters. The van der Waals surface area contributed by atoms with E-state index in [0.717, 1.165) is 0 Å². The van der Waals surface area contributed by atoms with E-state index in [9.17, 15) is 14.4 Å². The number of aromatic nitrogens is 3. The number of rotatable bonds is 4. The van der Waals surface area contributed by atoms with Crippen molar-refractivity contribution < 1.29 is 4.79 Å². The molecular weight excluding hydrogens is 296 g/mol. The Morgan fingerprint density at radius 1 is 1.30 bits per heavy atom. The van der Waals surface area contributed by atoms with Gasteiger partial charge in [-0.3, -0.25) is 19.1 Å². The predicted molar refractivity (Wildman–Crippen MR) is 89.0 cm³/mol. The number of hydrogen-bond acceptors (Lipinski definition) is 4. The maximum absolute atomic E-state index is 12.5. The first kappa shape index (κ1) is 16.9. The highest BCUT2D eigenvalue weighted by Gasteiger charge is 2.20. The topological polar surface area (TPSA) is 96.9 Å². The van der Waals surface area contributed by atoms with Gasteiger partial charge in [0.2, 0.25) is 0 Å². The van der Waals surface area contributed by atoms with Crippen molar-refractivity contribution in [2.75, 3.05) is 0 Å². The van der Waals surface area contributed by atoms with E-state index in [0.29, 0.717) is 12.2 Å². The second kappa shape index (κ2) is 6.36. The fourth-order valence-electron chi connectivity index (χ4n) is 2.40. The fourth-order valence-corrected chi connectivity index (χ4v) is 2.40. The quantitative estimate of drug-likeness (QED) is 0.889. The SMILES string of the molecule is CCn1c(=O)[nH]c(=O)c2c(C(=O)NC(C)C)cc(C(C)C)nc21. The lowest BCUT2D eigenvalue weighted by Crippen LogP contribution is -2.35. The molecular formula is C16H22N4O3. The maximum Gasteiger partial charge on any atom is 0.329 e. The molecule has 0 atom stereocenters. The summed E-state index contributed by atoms with van der Waals surface area (Å²) in [5.74, 6) is -0.286. The number of nitrogens with zero attached hydrogens (tertiary/aromatic N) is 2. The van der Waals surface area contributed by atoms with E-state index in [1.807, 2.05) is 27.7 Å². The van der Waals surface area contributed by atoms with Crippen LogP contribution in [0.5, 0.6) is 0 Å². The van der Waals surface area contributed by atoms with Crippen LogP contribution in [0.2, 0.25) is 0 Å². The zero-order valence-electron chi connectivity index (χ0n) is 14.1. The van der Waals surface area contributed by atoms with Gasteiger partial charge in [-0.2, -0.15) is 0 Å². The number of pyridine rings is 1. The van der Waals surface area contributed by atoms with Crippen LogP contribution in [0.1, 0.15) is 56.6 Å². The van der Waals surface area contributed by atoms with E-state index in [-0.39, 0.29) is 34.5 Å². The maximum atomic E-state index is 12.5. The number of carbonyl (C=O) groups excluding carboxylic acids is 1. The van der Waals surface area contributed by atoms with E-state index in [1.165, 1.54) is 4.57 Å². The van der Waals surface area contributed by atoms with Gasteiger partial charge in [-0.15, -0.1) is 0 Å². The largest absolute Gasteiger partial charge is 0.350 e. The molecule has 0 saturated carbocycles. The molecule has 0 saturated heterocycles. The molecule has 7 heteroatoms. The molecule has 124 valence electrons. The summed E-state index contributed by atoms with van der Waals surface area (Å²) in [6, 6.07) is 1.56. The first-order valence-electron chi connectivity index (χ1n) is 7.74. The lowest BCUT2D eigenvalue weighted by atomic mass is 10.0. The highest BCUT2D eigenvalue weighted by atomic mass is 16.2. The van der Waals surface area contributed by atoms with E-state index in [2.05, 4.69) is 15.3 Å². The number of carbonyl (C=O) groups is 1. The lowest BCUT2D eigenvalue weighted by Gasteiger charge is -2.15. The Hall–Kier alpha value is -2.44. The van der Waals surface area contributed by atoms with Crippen LogP contribution in [-0.2, 0) is 6.54 Å². The molecule has 0 aliphatic carbocycles. The van der Waals surface area contributed by atoms with Crippen LogP contribution < -0.4 is 16.6 Å². The molecule has 2 rings (SSSR count). The summed E-state index contributed by atoms with van der Waals surface area (Å²) in [4.78, 5) is 43.5. The third kappa shape index (κ3) is 3.18. The van der Waals surface area contributed by atoms with E-state index in [1.54, 1.807) is 13.0 Å². The van der Waals surface area contributed by atoms with Crippen molar-refractivity contribution in [3.8, 4) is 0 Å². The first-order valence-corrected chi connectivity index (χ1v) is 7.74. The van der Waals surface area contributed by atoms with Gasteiger partial charge < -0.3 is 5.32 Å². The zero-order chi connectivity index (χ0) is 17.3. The molecule has 0 radical (unpaired) electrons. The average molecular weight is 318 g/mol. The number of amides is 1. The highest BCUT2D eigenvalue weighted by Crippen LogP contribution is 2.19. The van der Waals surface area contributed by atoms with Gasteiger partial charge in [-0.1, -0.05) is 13.8 Å². The standard InChI is InChI=1S/C16H22N4O3/c1-6-20-13-12(15(22)19-16(20)23)10(14(21)17-9(4)5)7-11(18-13)8(2)3/h7-9H,6H2,1-5H3,(H,17,21)(H,19,22,23). The molecule has 0 aliphatic heterocycles. The van der Waals surface area contributed by atoms with Crippen molar-refractivity contribution in [2.24, 2.45) is 0 Å². The highest BCUT2D eigenvalue weighted by molar-refractivity contribution is 6.05. The third-order valence-corrected chi connectivity index (χ3v) is 3.54. The Morgan fingerprint density at radius 3 is 2.48 bits per heavy atom. The molecule has 0 fully saturated rings. The van der Waals surface area contributed by atoms with Crippen LogP contribution in [0, 0.1) is 0 Å². The van der Waals surface area contributed by atoms with Gasteiger partial charge in [0.25, 0.3) is 11.5 Å². The number of nitrogens with one attached hydrogen (secondary N) is 2. The summed E-state index contributed by atoms with van der Waals surface area (Å²) in [6.07, 6.45) is 0. The number of H-pyrrole nitrogens is 1. The van der Waals surface area contributed by atoms with Gasteiger partial charge in [-0.05, 0) is 32.8 Å². The molecule has 7 nitrogen and oxygen atoms in total. The zero-order valence-corrected chi connectivity index (χ0v) is 14.1. The van der Waals surface area contributed by atoms with Crippen molar-refractivity contribution in [1.29, 1.82) is 0 Å². The van der Waals surface area contributed by atoms with Gasteiger partial charge in [0.1, 0.15) is 0 Å². The number of aryl methyl sites for hydroxylation is 1. The molecule has 1 amide bonds. The Labute approximate surface area is 133 Å². The summed E-state index contributed by atoms with van der Waals surface area (Å²) >= 11 is 0. The smallest absolute Gasteiger partial charge is 0.329 e. The van der Waals surface area contributed by atoms with Crippen LogP contribution in [0.25, 0.3) is 11.0 Å². The van der Waals surface area contributed by atoms with Crippen LogP contribution in [-0.4, -0.2) is 26.5 Å². The number of aromatic amines is 1. The van der Waals surface area contributed by atoms with Crippen molar-refractivity contribution in [3.05, 3.63) is 38.2 Å². The summed E-state index contributed by atoms with van der Waals surface area (Å²) < 4.78 is 1.37. The van der Waals surface area contributed by atoms with Crippen molar-refractivity contribution in [2.45, 2.75) is 53.1 Å². The Balaban J connectivity index is 2.92. The summed E-state index contributed by atoms with van der Waals surface area (Å²) in [5.41, 5.74) is 0.0517. The van der Waals surface area contributed by atoms with Crippen LogP contribution in [0.3, 0.4) is 0 Å². The van der Waals surface area contributed by atoms with Crippen molar-refractivity contribution in [1.82, 2.24) is 19.9 Å². The Morgan fingerprint density at radius 2 is 1.96 bits per heavy atom. The Kier molecular flexibility index (Phi) is 4.68. The summed E-state index contributed by atoms with van der Waals surface area (Å²) in [5, 5.41) is 2.94. The minimum absolute atomic E-state index is 0.0599. The first-order chi connectivity index (χ1) is 10.8. The molecule has 2 N–H and O–H groups in total. The van der Waals surface area contributed by atoms with E-state index >= 15 is 0 Å². The molecule has 2 heterocycles. The lowest BCUT2D eigenvalue weighted by molar-refractivity contribution is 0.0944. The second-order valence-corrected chi connectivity index (χ2v) is 6.08. The molecule has 23 heavy (non-hydrogen) atoms. The second-order valence-electron chi connectivity index (χ2n) is 6.08. The molecule has 0 aliphatic rings.